The number of nitrogens with zero attached hydrogens (tertiary/aromatic N) is 2. The molecule has 0 saturated carbocycles. The van der Waals surface area contributed by atoms with Crippen LogP contribution in [0.15, 0.2) is 18.3 Å². The normalized spacial score (nSPS) is 12.9. The van der Waals surface area contributed by atoms with Crippen LogP contribution in [0.3, 0.4) is 0 Å². The van der Waals surface area contributed by atoms with E-state index in [9.17, 15) is 10.1 Å². The molecule has 0 unspecified atom stereocenters. The summed E-state index contributed by atoms with van der Waals surface area (Å²) in [5, 5.41) is 10.4. The molecule has 0 aliphatic heterocycles. The predicted octanol–water partition coefficient (Wildman–Crippen LogP) is 1.65. The molecule has 1 heterocycles. The summed E-state index contributed by atoms with van der Waals surface area (Å²) in [6.07, 6.45) is 1.23. The quantitative estimate of drug-likeness (QED) is 0.587. The van der Waals surface area contributed by atoms with Gasteiger partial charge >= 0.3 is 0 Å². The fourth-order valence-electron chi connectivity index (χ4n) is 1.04. The lowest BCUT2D eigenvalue weighted by molar-refractivity contribution is -0.385. The number of hydrogen-bond acceptors (Lipinski definition) is 4. The summed E-state index contributed by atoms with van der Waals surface area (Å²) in [5.41, 5.74) is 6.51. The Morgan fingerprint density at radius 2 is 2.14 bits per heavy atom. The fourth-order valence-corrected chi connectivity index (χ4v) is 1.04. The average molecular weight is 195 g/mol. The van der Waals surface area contributed by atoms with Crippen molar-refractivity contribution in [3.8, 4) is 0 Å². The fraction of sp³-hybridized carbons (Fsp3) is 0.444. The van der Waals surface area contributed by atoms with Gasteiger partial charge in [0.25, 0.3) is 5.69 Å². The zero-order chi connectivity index (χ0) is 10.7. The number of pyridine rings is 1. The molecule has 0 amide bonds. The van der Waals surface area contributed by atoms with Crippen LogP contribution in [0.2, 0.25) is 0 Å². The molecule has 2 N–H and O–H groups in total. The van der Waals surface area contributed by atoms with E-state index in [2.05, 4.69) is 4.98 Å². The summed E-state index contributed by atoms with van der Waals surface area (Å²) in [6.45, 7) is 3.96. The molecular formula is C9H13N3O2. The van der Waals surface area contributed by atoms with E-state index in [0.29, 0.717) is 5.69 Å². The van der Waals surface area contributed by atoms with Gasteiger partial charge in [0, 0.05) is 12.1 Å². The van der Waals surface area contributed by atoms with E-state index in [1.807, 2.05) is 13.8 Å². The Morgan fingerprint density at radius 3 is 2.50 bits per heavy atom. The summed E-state index contributed by atoms with van der Waals surface area (Å²) in [5.74, 6) is 0.268. The monoisotopic (exact) mass is 195 g/mol. The Kier molecular flexibility index (Phi) is 3.14. The van der Waals surface area contributed by atoms with Gasteiger partial charge in [-0.2, -0.15) is 0 Å². The highest BCUT2D eigenvalue weighted by molar-refractivity contribution is 5.27. The minimum absolute atomic E-state index is 0.00953. The molecule has 0 aliphatic carbocycles. The third-order valence-electron chi connectivity index (χ3n) is 2.04. The molecule has 14 heavy (non-hydrogen) atoms. The summed E-state index contributed by atoms with van der Waals surface area (Å²) < 4.78 is 0. The van der Waals surface area contributed by atoms with Crippen LogP contribution in [0, 0.1) is 16.0 Å². The summed E-state index contributed by atoms with van der Waals surface area (Å²) in [7, 11) is 0. The molecule has 0 aliphatic rings. The van der Waals surface area contributed by atoms with Crippen molar-refractivity contribution in [1.29, 1.82) is 0 Å². The van der Waals surface area contributed by atoms with E-state index in [4.69, 9.17) is 5.73 Å². The van der Waals surface area contributed by atoms with E-state index in [-0.39, 0.29) is 17.6 Å². The van der Waals surface area contributed by atoms with E-state index >= 15 is 0 Å². The molecule has 1 atom stereocenters. The number of nitrogens with two attached hydrogens (primary N) is 1. The number of aromatic nitrogens is 1. The van der Waals surface area contributed by atoms with E-state index in [0.717, 1.165) is 0 Å². The first-order valence-electron chi connectivity index (χ1n) is 4.38. The maximum Gasteiger partial charge on any atom is 0.287 e. The van der Waals surface area contributed by atoms with Gasteiger partial charge in [-0.3, -0.25) is 15.1 Å². The molecule has 0 radical (unpaired) electrons. The Balaban J connectivity index is 2.88. The molecule has 0 saturated heterocycles. The molecule has 0 spiro atoms. The van der Waals surface area contributed by atoms with Crippen LogP contribution in [0.1, 0.15) is 25.6 Å². The minimum Gasteiger partial charge on any atom is -0.322 e. The van der Waals surface area contributed by atoms with Gasteiger partial charge in [-0.15, -0.1) is 0 Å². The van der Waals surface area contributed by atoms with Gasteiger partial charge in [0.1, 0.15) is 6.20 Å². The van der Waals surface area contributed by atoms with Crippen LogP contribution in [0.5, 0.6) is 0 Å². The first kappa shape index (κ1) is 10.6. The minimum atomic E-state index is -0.475. The Labute approximate surface area is 82.1 Å². The van der Waals surface area contributed by atoms with E-state index in [1.54, 1.807) is 6.07 Å². The van der Waals surface area contributed by atoms with Crippen molar-refractivity contribution in [3.05, 3.63) is 34.1 Å². The smallest absolute Gasteiger partial charge is 0.287 e. The maximum absolute atomic E-state index is 10.4. The number of hydrogen-bond donors (Lipinski definition) is 1. The topological polar surface area (TPSA) is 82.0 Å². The summed E-state index contributed by atoms with van der Waals surface area (Å²) >= 11 is 0. The SMILES string of the molecule is CC(C)[C@@H](N)c1ccc([N+](=O)[O-])cn1. The van der Waals surface area contributed by atoms with Crippen molar-refractivity contribution in [2.24, 2.45) is 11.7 Å². The second kappa shape index (κ2) is 4.15. The first-order valence-corrected chi connectivity index (χ1v) is 4.38. The Morgan fingerprint density at radius 1 is 1.50 bits per heavy atom. The van der Waals surface area contributed by atoms with Crippen molar-refractivity contribution in [2.45, 2.75) is 19.9 Å². The van der Waals surface area contributed by atoms with Crippen LogP contribution in [-0.4, -0.2) is 9.91 Å². The van der Waals surface area contributed by atoms with Gasteiger partial charge in [0.05, 0.1) is 10.6 Å². The number of rotatable bonds is 3. The molecule has 0 bridgehead atoms. The highest BCUT2D eigenvalue weighted by atomic mass is 16.6. The van der Waals surface area contributed by atoms with E-state index in [1.165, 1.54) is 12.3 Å². The maximum atomic E-state index is 10.4. The predicted molar refractivity (Wildman–Crippen MR) is 52.7 cm³/mol. The van der Waals surface area contributed by atoms with Gasteiger partial charge in [0.2, 0.25) is 0 Å². The Hall–Kier alpha value is -1.49. The third-order valence-corrected chi connectivity index (χ3v) is 2.04. The zero-order valence-electron chi connectivity index (χ0n) is 8.18. The second-order valence-corrected chi connectivity index (χ2v) is 3.47. The van der Waals surface area contributed by atoms with Crippen LogP contribution in [0.4, 0.5) is 5.69 Å². The van der Waals surface area contributed by atoms with Crippen molar-refractivity contribution in [1.82, 2.24) is 4.98 Å². The largest absolute Gasteiger partial charge is 0.322 e. The zero-order valence-corrected chi connectivity index (χ0v) is 8.18. The molecular weight excluding hydrogens is 182 g/mol. The van der Waals surface area contributed by atoms with Gasteiger partial charge in [-0.25, -0.2) is 0 Å². The molecule has 1 aromatic heterocycles. The van der Waals surface area contributed by atoms with Crippen molar-refractivity contribution in [3.63, 3.8) is 0 Å². The molecule has 76 valence electrons. The van der Waals surface area contributed by atoms with Gasteiger partial charge in [-0.1, -0.05) is 13.8 Å². The summed E-state index contributed by atoms with van der Waals surface area (Å²) in [4.78, 5) is 13.8. The van der Waals surface area contributed by atoms with Crippen molar-refractivity contribution < 1.29 is 4.92 Å². The lowest BCUT2D eigenvalue weighted by Gasteiger charge is -2.13. The van der Waals surface area contributed by atoms with E-state index < -0.39 is 4.92 Å². The van der Waals surface area contributed by atoms with Gasteiger partial charge in [-0.05, 0) is 12.0 Å². The first-order chi connectivity index (χ1) is 6.52. The van der Waals surface area contributed by atoms with Crippen LogP contribution in [-0.2, 0) is 0 Å². The molecule has 0 aromatic carbocycles. The molecule has 1 aromatic rings. The van der Waals surface area contributed by atoms with Crippen LogP contribution < -0.4 is 5.73 Å². The lowest BCUT2D eigenvalue weighted by atomic mass is 10.0. The molecule has 1 rings (SSSR count). The van der Waals surface area contributed by atoms with Crippen molar-refractivity contribution in [2.75, 3.05) is 0 Å². The lowest BCUT2D eigenvalue weighted by Crippen LogP contribution is -2.17. The van der Waals surface area contributed by atoms with Crippen LogP contribution >= 0.6 is 0 Å². The van der Waals surface area contributed by atoms with Gasteiger partial charge < -0.3 is 5.73 Å². The highest BCUT2D eigenvalue weighted by Gasteiger charge is 2.13. The number of nitro groups is 1. The summed E-state index contributed by atoms with van der Waals surface area (Å²) in [6, 6.07) is 2.85. The Bertz CT molecular complexity index is 321. The van der Waals surface area contributed by atoms with Crippen molar-refractivity contribution >= 4 is 5.69 Å². The van der Waals surface area contributed by atoms with Crippen LogP contribution in [0.25, 0.3) is 0 Å². The molecule has 5 nitrogen and oxygen atoms in total. The molecule has 0 fully saturated rings. The second-order valence-electron chi connectivity index (χ2n) is 3.47. The standard InChI is InChI=1S/C9H13N3O2/c1-6(2)9(10)8-4-3-7(5-11-8)12(13)14/h3-6,9H,10H2,1-2H3/t9-/m1/s1. The van der Waals surface area contributed by atoms with Gasteiger partial charge in [0.15, 0.2) is 0 Å². The average Bonchev–Trinajstić information content (AvgIpc) is 2.16. The molecule has 5 heteroatoms. The third kappa shape index (κ3) is 2.26. The highest BCUT2D eigenvalue weighted by Crippen LogP contribution is 2.18.